The zero-order chi connectivity index (χ0) is 16.4. The number of carboxylic acid groups (broad SMARTS) is 1. The van der Waals surface area contributed by atoms with Crippen LogP contribution in [0.1, 0.15) is 23.6 Å². The van der Waals surface area contributed by atoms with E-state index in [1.54, 1.807) is 12.1 Å². The molecule has 2 unspecified atom stereocenters. The molecule has 3 N–H and O–H groups in total. The van der Waals surface area contributed by atoms with E-state index in [9.17, 15) is 14.7 Å². The summed E-state index contributed by atoms with van der Waals surface area (Å²) in [5, 5.41) is 22.2. The molecule has 0 radical (unpaired) electrons. The van der Waals surface area contributed by atoms with Crippen molar-refractivity contribution in [3.05, 3.63) is 33.3 Å². The van der Waals surface area contributed by atoms with Crippen molar-refractivity contribution in [2.75, 3.05) is 13.6 Å². The topological polar surface area (TPSA) is 89.9 Å². The summed E-state index contributed by atoms with van der Waals surface area (Å²) in [5.41, 5.74) is 1.48. The van der Waals surface area contributed by atoms with Gasteiger partial charge in [0.25, 0.3) is 0 Å². The molecule has 0 fully saturated rings. The fourth-order valence-corrected chi connectivity index (χ4v) is 3.21. The zero-order valence-corrected chi connectivity index (χ0v) is 13.4. The summed E-state index contributed by atoms with van der Waals surface area (Å²) < 4.78 is 0. The Hall–Kier alpha value is -1.50. The molecular formula is C14H16Cl2N2O4. The average molecular weight is 347 g/mol. The van der Waals surface area contributed by atoms with E-state index < -0.39 is 24.1 Å². The lowest BCUT2D eigenvalue weighted by molar-refractivity contribution is -0.136. The van der Waals surface area contributed by atoms with Crippen LogP contribution in [0.4, 0.5) is 4.79 Å². The van der Waals surface area contributed by atoms with Crippen molar-refractivity contribution in [1.82, 2.24) is 10.2 Å². The van der Waals surface area contributed by atoms with Crippen LogP contribution in [-0.4, -0.2) is 46.8 Å². The van der Waals surface area contributed by atoms with Crippen molar-refractivity contribution in [3.63, 3.8) is 0 Å². The maximum atomic E-state index is 12.1. The number of nitrogens with zero attached hydrogens (tertiary/aromatic N) is 1. The highest BCUT2D eigenvalue weighted by atomic mass is 35.5. The number of aliphatic carboxylic acids is 1. The van der Waals surface area contributed by atoms with Crippen LogP contribution >= 0.6 is 23.2 Å². The second-order valence-corrected chi connectivity index (χ2v) is 6.00. The van der Waals surface area contributed by atoms with E-state index >= 15 is 0 Å². The number of benzene rings is 1. The Kier molecular flexibility index (Phi) is 5.16. The molecule has 8 heteroatoms. The molecule has 0 spiro atoms. The maximum absolute atomic E-state index is 12.1. The van der Waals surface area contributed by atoms with Crippen LogP contribution in [0.25, 0.3) is 0 Å². The first-order valence-electron chi connectivity index (χ1n) is 6.69. The number of halogens is 2. The van der Waals surface area contributed by atoms with Crippen LogP contribution in [0.5, 0.6) is 0 Å². The summed E-state index contributed by atoms with van der Waals surface area (Å²) >= 11 is 12.1. The Morgan fingerprint density at radius 3 is 2.73 bits per heavy atom. The number of rotatable bonds is 4. The van der Waals surface area contributed by atoms with Gasteiger partial charge in [-0.1, -0.05) is 23.2 Å². The van der Waals surface area contributed by atoms with Gasteiger partial charge in [-0.3, -0.25) is 4.79 Å². The first-order chi connectivity index (χ1) is 10.3. The smallest absolute Gasteiger partial charge is 0.317 e. The number of fused-ring (bicyclic) bond motifs is 1. The van der Waals surface area contributed by atoms with Crippen molar-refractivity contribution in [1.29, 1.82) is 0 Å². The lowest BCUT2D eigenvalue weighted by atomic mass is 10.1. The van der Waals surface area contributed by atoms with Gasteiger partial charge in [-0.05, 0) is 23.3 Å². The van der Waals surface area contributed by atoms with Crippen molar-refractivity contribution >= 4 is 35.2 Å². The predicted molar refractivity (Wildman–Crippen MR) is 82.3 cm³/mol. The number of hydrogen-bond donors (Lipinski definition) is 3. The molecule has 120 valence electrons. The standard InChI is InChI=1S/C14H16Cl2N2O4/c1-18(14(22)17-3-2-12(20)21)13-9-4-7(15)5-10(16)8(9)6-11(13)19/h4-5,11,13,19H,2-3,6H2,1H3,(H,17,22)(H,20,21). The normalized spacial score (nSPS) is 19.6. The molecule has 0 aliphatic heterocycles. The van der Waals surface area contributed by atoms with Crippen LogP contribution in [-0.2, 0) is 11.2 Å². The third kappa shape index (κ3) is 3.45. The van der Waals surface area contributed by atoms with Gasteiger partial charge in [0.1, 0.15) is 0 Å². The number of aliphatic hydroxyl groups is 1. The average Bonchev–Trinajstić information content (AvgIpc) is 2.74. The van der Waals surface area contributed by atoms with Gasteiger partial charge in [-0.2, -0.15) is 0 Å². The van der Waals surface area contributed by atoms with Crippen LogP contribution in [0, 0.1) is 0 Å². The molecule has 1 aromatic carbocycles. The Morgan fingerprint density at radius 2 is 2.09 bits per heavy atom. The Morgan fingerprint density at radius 1 is 1.41 bits per heavy atom. The fourth-order valence-electron chi connectivity index (χ4n) is 2.62. The number of amides is 2. The second-order valence-electron chi connectivity index (χ2n) is 5.16. The molecule has 22 heavy (non-hydrogen) atoms. The van der Waals surface area contributed by atoms with Gasteiger partial charge in [0.05, 0.1) is 18.6 Å². The van der Waals surface area contributed by atoms with E-state index in [2.05, 4.69) is 5.32 Å². The fraction of sp³-hybridized carbons (Fsp3) is 0.429. The molecule has 0 bridgehead atoms. The Bertz CT molecular complexity index is 609. The van der Waals surface area contributed by atoms with Gasteiger partial charge >= 0.3 is 12.0 Å². The monoisotopic (exact) mass is 346 g/mol. The Balaban J connectivity index is 2.15. The van der Waals surface area contributed by atoms with Crippen molar-refractivity contribution in [2.24, 2.45) is 0 Å². The number of hydrogen-bond acceptors (Lipinski definition) is 3. The van der Waals surface area contributed by atoms with E-state index in [0.29, 0.717) is 22.0 Å². The molecule has 0 saturated carbocycles. The highest BCUT2D eigenvalue weighted by molar-refractivity contribution is 6.35. The lowest BCUT2D eigenvalue weighted by Crippen LogP contribution is -2.43. The minimum absolute atomic E-state index is 0.0183. The quantitative estimate of drug-likeness (QED) is 0.778. The van der Waals surface area contributed by atoms with Gasteiger partial charge in [0.15, 0.2) is 0 Å². The Labute approximate surface area is 137 Å². The SMILES string of the molecule is CN(C(=O)NCCC(=O)O)C1c2cc(Cl)cc(Cl)c2CC1O. The summed E-state index contributed by atoms with van der Waals surface area (Å²) in [4.78, 5) is 23.9. The van der Waals surface area contributed by atoms with Crippen molar-refractivity contribution < 1.29 is 19.8 Å². The third-order valence-electron chi connectivity index (χ3n) is 3.64. The van der Waals surface area contributed by atoms with Crippen LogP contribution in [0.2, 0.25) is 10.0 Å². The largest absolute Gasteiger partial charge is 0.481 e. The van der Waals surface area contributed by atoms with Gasteiger partial charge in [-0.15, -0.1) is 0 Å². The first-order valence-corrected chi connectivity index (χ1v) is 7.45. The number of likely N-dealkylation sites (N-methyl/N-ethyl adjacent to an activating group) is 1. The summed E-state index contributed by atoms with van der Waals surface area (Å²) in [6.07, 6.45) is -0.620. The molecule has 0 saturated heterocycles. The molecule has 6 nitrogen and oxygen atoms in total. The molecule has 1 aliphatic carbocycles. The minimum Gasteiger partial charge on any atom is -0.481 e. The molecule has 0 aromatic heterocycles. The van der Waals surface area contributed by atoms with Gasteiger partial charge < -0.3 is 20.4 Å². The predicted octanol–water partition coefficient (Wildman–Crippen LogP) is 2.07. The van der Waals surface area contributed by atoms with Gasteiger partial charge in [0.2, 0.25) is 0 Å². The highest BCUT2D eigenvalue weighted by Gasteiger charge is 2.37. The summed E-state index contributed by atoms with van der Waals surface area (Å²) in [6.45, 7) is 0.0183. The summed E-state index contributed by atoms with van der Waals surface area (Å²) in [7, 11) is 1.54. The van der Waals surface area contributed by atoms with Gasteiger partial charge in [0, 0.05) is 30.1 Å². The van der Waals surface area contributed by atoms with Crippen molar-refractivity contribution in [3.8, 4) is 0 Å². The first kappa shape index (κ1) is 16.9. The molecule has 0 heterocycles. The number of carboxylic acids is 1. The van der Waals surface area contributed by atoms with E-state index in [0.717, 1.165) is 5.56 Å². The second kappa shape index (κ2) is 6.73. The van der Waals surface area contributed by atoms with E-state index in [4.69, 9.17) is 28.3 Å². The van der Waals surface area contributed by atoms with E-state index in [-0.39, 0.29) is 13.0 Å². The third-order valence-corrected chi connectivity index (χ3v) is 4.20. The zero-order valence-electron chi connectivity index (χ0n) is 11.8. The van der Waals surface area contributed by atoms with E-state index in [1.807, 2.05) is 0 Å². The highest BCUT2D eigenvalue weighted by Crippen LogP contribution is 2.40. The summed E-state index contributed by atoms with van der Waals surface area (Å²) in [6, 6.07) is 2.25. The number of carbonyl (C=O) groups excluding carboxylic acids is 1. The molecule has 1 aromatic rings. The molecular weight excluding hydrogens is 331 g/mol. The molecule has 2 amide bonds. The number of nitrogens with one attached hydrogen (secondary N) is 1. The van der Waals surface area contributed by atoms with Crippen LogP contribution < -0.4 is 5.32 Å². The van der Waals surface area contributed by atoms with E-state index in [1.165, 1.54) is 11.9 Å². The molecule has 1 aliphatic rings. The van der Waals surface area contributed by atoms with Crippen molar-refractivity contribution in [2.45, 2.75) is 25.0 Å². The lowest BCUT2D eigenvalue weighted by Gasteiger charge is -2.28. The van der Waals surface area contributed by atoms with Crippen LogP contribution in [0.15, 0.2) is 12.1 Å². The number of urea groups is 1. The maximum Gasteiger partial charge on any atom is 0.317 e. The van der Waals surface area contributed by atoms with Crippen LogP contribution in [0.3, 0.4) is 0 Å². The minimum atomic E-state index is -0.993. The summed E-state index contributed by atoms with van der Waals surface area (Å²) in [5.74, 6) is -0.993. The number of aliphatic hydroxyl groups excluding tert-OH is 1. The number of carbonyl (C=O) groups is 2. The molecule has 2 atom stereocenters. The molecule has 2 rings (SSSR count). The van der Waals surface area contributed by atoms with Gasteiger partial charge in [-0.25, -0.2) is 4.79 Å².